The largest absolute Gasteiger partial charge is 0.480 e. The highest BCUT2D eigenvalue weighted by molar-refractivity contribution is 7.89. The molecule has 2 heterocycles. The molecule has 220 valence electrons. The number of anilines is 1. The van der Waals surface area contributed by atoms with Crippen LogP contribution in [0, 0.1) is 20.8 Å². The summed E-state index contributed by atoms with van der Waals surface area (Å²) in [5.74, 6) is -0.972. The van der Waals surface area contributed by atoms with Gasteiger partial charge in [0.1, 0.15) is 6.04 Å². The second kappa shape index (κ2) is 13.1. The molecule has 0 radical (unpaired) electrons. The maximum absolute atomic E-state index is 13.0. The lowest BCUT2D eigenvalue weighted by atomic mass is 10.0. The average Bonchev–Trinajstić information content (AvgIpc) is 3.49. The van der Waals surface area contributed by atoms with E-state index < -0.39 is 27.9 Å². The molecule has 4 rings (SSSR count). The number of carboxylic acids is 1. The molecule has 1 aromatic heterocycles. The third kappa shape index (κ3) is 7.80. The molecule has 1 aliphatic carbocycles. The molecule has 0 spiro atoms. The smallest absolute Gasteiger partial charge is 0.323 e. The van der Waals surface area contributed by atoms with Crippen molar-refractivity contribution in [2.24, 2.45) is 0 Å². The van der Waals surface area contributed by atoms with Crippen molar-refractivity contribution < 1.29 is 28.0 Å². The molecule has 0 saturated carbocycles. The highest BCUT2D eigenvalue weighted by Crippen LogP contribution is 2.23. The Labute approximate surface area is 235 Å². The number of hydrogen-bond acceptors (Lipinski definition) is 8. The third-order valence-corrected chi connectivity index (χ3v) is 9.09. The van der Waals surface area contributed by atoms with Crippen LogP contribution in [0.4, 0.5) is 5.95 Å². The molecule has 2 aliphatic rings. The van der Waals surface area contributed by atoms with Crippen LogP contribution in [0.15, 0.2) is 17.0 Å². The van der Waals surface area contributed by atoms with Gasteiger partial charge in [-0.15, -0.1) is 0 Å². The molecular weight excluding hydrogens is 536 g/mol. The first-order valence-corrected chi connectivity index (χ1v) is 15.3. The van der Waals surface area contributed by atoms with E-state index in [1.807, 2.05) is 6.92 Å². The number of imidazole rings is 1. The van der Waals surface area contributed by atoms with Crippen molar-refractivity contribution >= 4 is 27.8 Å². The second-order valence-electron chi connectivity index (χ2n) is 10.8. The van der Waals surface area contributed by atoms with Crippen molar-refractivity contribution in [1.82, 2.24) is 25.5 Å². The monoisotopic (exact) mass is 576 g/mol. The molecule has 1 aliphatic heterocycles. The Balaban J connectivity index is 1.18. The van der Waals surface area contributed by atoms with Crippen LogP contribution < -0.4 is 20.8 Å². The van der Waals surface area contributed by atoms with Crippen LogP contribution in [0.5, 0.6) is 0 Å². The van der Waals surface area contributed by atoms with Crippen molar-refractivity contribution in [2.75, 3.05) is 18.4 Å². The summed E-state index contributed by atoms with van der Waals surface area (Å²) in [5.41, 5.74) is 7.34. The Bertz CT molecular complexity index is 1280. The van der Waals surface area contributed by atoms with Crippen molar-refractivity contribution in [3.8, 4) is 0 Å². The fourth-order valence-corrected chi connectivity index (χ4v) is 7.15. The summed E-state index contributed by atoms with van der Waals surface area (Å²) in [6.07, 6.45) is 6.56. The standard InChI is InChI=1S/C27H40N6O6S/c1-16-11-17(2)25(18(3)12-16)40(37,38)33-23(26(35)36)15-29-24(34)14-20-13-19(32-39-20)7-6-10-28-27-30-21-8-4-5-9-22(21)31-27/h11-12,19-20,23,32-33H,4-10,13-15H2,1-3H3,(H,29,34)(H,35,36)(H2,28,30,31). The number of nitrogens with one attached hydrogen (secondary N) is 5. The van der Waals surface area contributed by atoms with Crippen molar-refractivity contribution in [2.45, 2.75) is 95.2 Å². The van der Waals surface area contributed by atoms with Gasteiger partial charge in [-0.25, -0.2) is 13.4 Å². The second-order valence-corrected chi connectivity index (χ2v) is 12.5. The van der Waals surface area contributed by atoms with Gasteiger partial charge in [-0.3, -0.25) is 14.4 Å². The molecule has 13 heteroatoms. The predicted octanol–water partition coefficient (Wildman–Crippen LogP) is 2.01. The van der Waals surface area contributed by atoms with Crippen molar-refractivity contribution in [1.29, 1.82) is 0 Å². The van der Waals surface area contributed by atoms with Crippen LogP contribution in [0.1, 0.15) is 66.6 Å². The molecular formula is C27H40N6O6S. The van der Waals surface area contributed by atoms with Crippen molar-refractivity contribution in [3.05, 3.63) is 40.2 Å². The lowest BCUT2D eigenvalue weighted by Gasteiger charge is -2.18. The van der Waals surface area contributed by atoms with Crippen LogP contribution in [-0.2, 0) is 37.3 Å². The van der Waals surface area contributed by atoms with Crippen LogP contribution in [0.2, 0.25) is 0 Å². The van der Waals surface area contributed by atoms with Gasteiger partial charge in [-0.2, -0.15) is 10.2 Å². The Morgan fingerprint density at radius 3 is 2.60 bits per heavy atom. The van der Waals surface area contributed by atoms with Gasteiger partial charge in [0.25, 0.3) is 0 Å². The zero-order chi connectivity index (χ0) is 28.9. The number of amides is 1. The molecule has 1 aromatic carbocycles. The van der Waals surface area contributed by atoms with E-state index in [0.717, 1.165) is 43.7 Å². The fraction of sp³-hybridized carbons (Fsp3) is 0.593. The highest BCUT2D eigenvalue weighted by Gasteiger charge is 2.30. The van der Waals surface area contributed by atoms with Gasteiger partial charge in [0.2, 0.25) is 21.9 Å². The number of aryl methyl sites for hydroxylation is 5. The number of aromatic nitrogens is 2. The van der Waals surface area contributed by atoms with Gasteiger partial charge in [-0.1, -0.05) is 17.7 Å². The number of carboxylic acid groups (broad SMARTS) is 1. The number of benzene rings is 1. The van der Waals surface area contributed by atoms with E-state index in [-0.39, 0.29) is 30.0 Å². The van der Waals surface area contributed by atoms with E-state index in [1.165, 1.54) is 24.2 Å². The Kier molecular flexibility index (Phi) is 9.82. The molecule has 40 heavy (non-hydrogen) atoms. The summed E-state index contributed by atoms with van der Waals surface area (Å²) in [6, 6.07) is 2.04. The molecule has 1 fully saturated rings. The molecule has 1 amide bonds. The first-order valence-electron chi connectivity index (χ1n) is 13.8. The normalized spacial score (nSPS) is 19.7. The maximum Gasteiger partial charge on any atom is 0.323 e. The van der Waals surface area contributed by atoms with E-state index in [9.17, 15) is 23.1 Å². The Morgan fingerprint density at radius 2 is 1.90 bits per heavy atom. The van der Waals surface area contributed by atoms with Gasteiger partial charge in [0.15, 0.2) is 0 Å². The Hall–Kier alpha value is -3.00. The van der Waals surface area contributed by atoms with Crippen LogP contribution in [-0.4, -0.2) is 66.6 Å². The number of H-pyrrole nitrogens is 1. The summed E-state index contributed by atoms with van der Waals surface area (Å²) >= 11 is 0. The zero-order valence-electron chi connectivity index (χ0n) is 23.3. The number of hydrogen-bond donors (Lipinski definition) is 6. The molecule has 3 unspecified atom stereocenters. The van der Waals surface area contributed by atoms with Crippen LogP contribution in [0.25, 0.3) is 0 Å². The summed E-state index contributed by atoms with van der Waals surface area (Å²) in [4.78, 5) is 37.9. The predicted molar refractivity (Wildman–Crippen MR) is 149 cm³/mol. The third-order valence-electron chi connectivity index (χ3n) is 7.31. The molecule has 0 bridgehead atoms. The SMILES string of the molecule is Cc1cc(C)c(S(=O)(=O)NC(CNC(=O)CC2CC(CCCNc3nc4c([nH]3)CCCC4)NO2)C(=O)O)c(C)c1. The lowest BCUT2D eigenvalue weighted by Crippen LogP contribution is -2.48. The minimum absolute atomic E-state index is 0.0367. The maximum atomic E-state index is 13.0. The zero-order valence-corrected chi connectivity index (χ0v) is 24.1. The molecule has 1 saturated heterocycles. The number of carbonyl (C=O) groups excluding carboxylic acids is 1. The first kappa shape index (κ1) is 30.0. The molecule has 3 atom stereocenters. The number of nitrogens with zero attached hydrogens (tertiary/aromatic N) is 1. The summed E-state index contributed by atoms with van der Waals surface area (Å²) in [5, 5.41) is 15.5. The summed E-state index contributed by atoms with van der Waals surface area (Å²) in [6.45, 7) is 5.57. The minimum atomic E-state index is -4.12. The lowest BCUT2D eigenvalue weighted by molar-refractivity contribution is -0.139. The number of rotatable bonds is 13. The molecule has 6 N–H and O–H groups in total. The number of aromatic amines is 1. The number of sulfonamides is 1. The number of carbonyl (C=O) groups is 2. The quantitative estimate of drug-likeness (QED) is 0.195. The van der Waals surface area contributed by atoms with Gasteiger partial charge in [0, 0.05) is 24.8 Å². The highest BCUT2D eigenvalue weighted by atomic mass is 32.2. The number of aliphatic carboxylic acids is 1. The first-order chi connectivity index (χ1) is 19.0. The summed E-state index contributed by atoms with van der Waals surface area (Å²) in [7, 11) is -4.12. The van der Waals surface area contributed by atoms with E-state index in [2.05, 4.69) is 30.8 Å². The summed E-state index contributed by atoms with van der Waals surface area (Å²) < 4.78 is 28.2. The van der Waals surface area contributed by atoms with E-state index in [0.29, 0.717) is 17.5 Å². The van der Waals surface area contributed by atoms with Crippen LogP contribution in [0.3, 0.4) is 0 Å². The van der Waals surface area contributed by atoms with Crippen LogP contribution >= 0.6 is 0 Å². The average molecular weight is 577 g/mol. The minimum Gasteiger partial charge on any atom is -0.480 e. The number of fused-ring (bicyclic) bond motifs is 1. The van der Waals surface area contributed by atoms with Gasteiger partial charge >= 0.3 is 5.97 Å². The van der Waals surface area contributed by atoms with E-state index in [4.69, 9.17) is 4.84 Å². The molecule has 2 aromatic rings. The number of hydroxylamine groups is 1. The topological polar surface area (TPSA) is 175 Å². The fourth-order valence-electron chi connectivity index (χ4n) is 5.51. The van der Waals surface area contributed by atoms with Gasteiger partial charge < -0.3 is 20.7 Å². The van der Waals surface area contributed by atoms with E-state index in [1.54, 1.807) is 26.0 Å². The Morgan fingerprint density at radius 1 is 1.18 bits per heavy atom. The van der Waals surface area contributed by atoms with Gasteiger partial charge in [-0.05, 0) is 76.8 Å². The van der Waals surface area contributed by atoms with E-state index >= 15 is 0 Å². The molecule has 12 nitrogen and oxygen atoms in total. The van der Waals surface area contributed by atoms with Crippen molar-refractivity contribution in [3.63, 3.8) is 0 Å². The van der Waals surface area contributed by atoms with Gasteiger partial charge in [0.05, 0.1) is 23.1 Å².